The molecular weight excluding hydrogens is 320 g/mol. The van der Waals surface area contributed by atoms with Crippen LogP contribution in [0.2, 0.25) is 5.02 Å². The summed E-state index contributed by atoms with van der Waals surface area (Å²) in [5.74, 6) is 0.354. The van der Waals surface area contributed by atoms with Gasteiger partial charge in [-0.3, -0.25) is 4.79 Å². The number of nitrogens with zero attached hydrogens (tertiary/aromatic N) is 2. The molecule has 6 heteroatoms. The van der Waals surface area contributed by atoms with Gasteiger partial charge in [0.2, 0.25) is 0 Å². The van der Waals surface area contributed by atoms with E-state index in [2.05, 4.69) is 25.9 Å². The van der Waals surface area contributed by atoms with Crippen molar-refractivity contribution in [3.63, 3.8) is 0 Å². The zero-order chi connectivity index (χ0) is 13.1. The Hall–Kier alpha value is -1.46. The Balaban J connectivity index is 2.24. The summed E-state index contributed by atoms with van der Waals surface area (Å²) in [5.41, 5.74) is 0.532. The van der Waals surface area contributed by atoms with Crippen LogP contribution < -0.4 is 4.74 Å². The van der Waals surface area contributed by atoms with Crippen LogP contribution in [0.3, 0.4) is 0 Å². The summed E-state index contributed by atoms with van der Waals surface area (Å²) in [5, 5.41) is 0.342. The van der Waals surface area contributed by atoms with E-state index in [1.807, 2.05) is 0 Å². The average Bonchev–Trinajstić information content (AvgIpc) is 2.34. The van der Waals surface area contributed by atoms with E-state index in [4.69, 9.17) is 16.3 Å². The lowest BCUT2D eigenvalue weighted by Gasteiger charge is -2.06. The summed E-state index contributed by atoms with van der Waals surface area (Å²) in [6, 6.07) is 5.00. The van der Waals surface area contributed by atoms with Gasteiger partial charge < -0.3 is 4.74 Å². The first-order valence-electron chi connectivity index (χ1n) is 5.02. The normalized spacial score (nSPS) is 10.2. The molecule has 1 aromatic heterocycles. The van der Waals surface area contributed by atoms with Gasteiger partial charge in [0.25, 0.3) is 0 Å². The number of ketones is 1. The number of ether oxygens (including phenoxy) is 1. The molecule has 0 atom stereocenters. The second kappa shape index (κ2) is 5.46. The van der Waals surface area contributed by atoms with Gasteiger partial charge >= 0.3 is 6.01 Å². The zero-order valence-electron chi connectivity index (χ0n) is 9.35. The summed E-state index contributed by atoms with van der Waals surface area (Å²) < 4.78 is 6.17. The van der Waals surface area contributed by atoms with Crippen molar-refractivity contribution in [3.8, 4) is 11.8 Å². The maximum atomic E-state index is 11.2. The first-order chi connectivity index (χ1) is 8.56. The van der Waals surface area contributed by atoms with Gasteiger partial charge in [-0.1, -0.05) is 11.6 Å². The zero-order valence-corrected chi connectivity index (χ0v) is 11.7. The van der Waals surface area contributed by atoms with Crippen LogP contribution in [-0.2, 0) is 0 Å². The molecule has 0 saturated heterocycles. The number of rotatable bonds is 3. The molecule has 0 unspecified atom stereocenters. The van der Waals surface area contributed by atoms with Gasteiger partial charge in [0, 0.05) is 18.0 Å². The van der Waals surface area contributed by atoms with Crippen molar-refractivity contribution in [2.24, 2.45) is 0 Å². The lowest BCUT2D eigenvalue weighted by molar-refractivity contribution is 0.101. The number of halogens is 2. The van der Waals surface area contributed by atoms with Crippen molar-refractivity contribution < 1.29 is 9.53 Å². The minimum Gasteiger partial charge on any atom is -0.423 e. The van der Waals surface area contributed by atoms with Crippen LogP contribution in [0.4, 0.5) is 0 Å². The fraction of sp³-hybridized carbons (Fsp3) is 0.0833. The second-order valence-corrected chi connectivity index (χ2v) is 4.81. The van der Waals surface area contributed by atoms with Crippen LogP contribution in [0.15, 0.2) is 35.1 Å². The Morgan fingerprint density at radius 1 is 1.33 bits per heavy atom. The van der Waals surface area contributed by atoms with Gasteiger partial charge in [-0.05, 0) is 41.1 Å². The number of hydrogen-bond donors (Lipinski definition) is 0. The fourth-order valence-electron chi connectivity index (χ4n) is 1.25. The highest BCUT2D eigenvalue weighted by atomic mass is 79.9. The molecule has 0 aliphatic heterocycles. The van der Waals surface area contributed by atoms with Gasteiger partial charge in [0.1, 0.15) is 5.75 Å². The van der Waals surface area contributed by atoms with Crippen molar-refractivity contribution in [3.05, 3.63) is 45.7 Å². The highest BCUT2D eigenvalue weighted by Crippen LogP contribution is 2.28. The van der Waals surface area contributed by atoms with E-state index in [1.165, 1.54) is 6.92 Å². The summed E-state index contributed by atoms with van der Waals surface area (Å²) >= 11 is 9.24. The molecule has 0 saturated carbocycles. The molecule has 4 nitrogen and oxygen atoms in total. The highest BCUT2D eigenvalue weighted by Gasteiger charge is 2.08. The van der Waals surface area contributed by atoms with Crippen molar-refractivity contribution in [1.82, 2.24) is 9.97 Å². The van der Waals surface area contributed by atoms with Crippen molar-refractivity contribution >= 4 is 33.3 Å². The molecule has 0 aliphatic rings. The standard InChI is InChI=1S/C12H8BrClN2O2/c1-7(17)8-2-3-11(10(14)4-8)18-12-15-5-9(13)6-16-12/h2-6H,1H3. The maximum Gasteiger partial charge on any atom is 0.321 e. The Labute approximate surface area is 117 Å². The van der Waals surface area contributed by atoms with Gasteiger partial charge in [-0.15, -0.1) is 0 Å². The molecule has 2 rings (SSSR count). The van der Waals surface area contributed by atoms with Crippen LogP contribution >= 0.6 is 27.5 Å². The van der Waals surface area contributed by atoms with Crippen LogP contribution in [0.5, 0.6) is 11.8 Å². The van der Waals surface area contributed by atoms with E-state index in [9.17, 15) is 4.79 Å². The average molecular weight is 328 g/mol. The van der Waals surface area contributed by atoms with Crippen LogP contribution in [0.25, 0.3) is 0 Å². The summed E-state index contributed by atoms with van der Waals surface area (Å²) in [7, 11) is 0. The van der Waals surface area contributed by atoms with Crippen LogP contribution in [0.1, 0.15) is 17.3 Å². The number of hydrogen-bond acceptors (Lipinski definition) is 4. The third-order valence-corrected chi connectivity index (χ3v) is 2.84. The SMILES string of the molecule is CC(=O)c1ccc(Oc2ncc(Br)cn2)c(Cl)c1. The van der Waals surface area contributed by atoms with Gasteiger partial charge in [-0.25, -0.2) is 9.97 Å². The van der Waals surface area contributed by atoms with E-state index in [0.29, 0.717) is 16.3 Å². The summed E-state index contributed by atoms with van der Waals surface area (Å²) in [4.78, 5) is 19.1. The fourth-order valence-corrected chi connectivity index (χ4v) is 1.68. The van der Waals surface area contributed by atoms with Crippen LogP contribution in [0, 0.1) is 0 Å². The molecule has 1 heterocycles. The topological polar surface area (TPSA) is 52.1 Å². The number of carbonyl (C=O) groups excluding carboxylic acids is 1. The lowest BCUT2D eigenvalue weighted by Crippen LogP contribution is -1.95. The number of Topliss-reactive ketones (excluding diaryl/α,β-unsaturated/α-hetero) is 1. The molecule has 18 heavy (non-hydrogen) atoms. The predicted octanol–water partition coefficient (Wildman–Crippen LogP) is 3.89. The maximum absolute atomic E-state index is 11.2. The number of carbonyl (C=O) groups is 1. The molecule has 0 radical (unpaired) electrons. The van der Waals surface area contributed by atoms with Gasteiger partial charge in [0.15, 0.2) is 5.78 Å². The largest absolute Gasteiger partial charge is 0.423 e. The summed E-state index contributed by atoms with van der Waals surface area (Å²) in [6.07, 6.45) is 3.14. The smallest absolute Gasteiger partial charge is 0.321 e. The quantitative estimate of drug-likeness (QED) is 0.803. The van der Waals surface area contributed by atoms with Gasteiger partial charge in [0.05, 0.1) is 9.50 Å². The van der Waals surface area contributed by atoms with E-state index < -0.39 is 0 Å². The van der Waals surface area contributed by atoms with Crippen molar-refractivity contribution in [1.29, 1.82) is 0 Å². The third-order valence-electron chi connectivity index (χ3n) is 2.14. The molecule has 0 bridgehead atoms. The Bertz CT molecular complexity index is 587. The van der Waals surface area contributed by atoms with Crippen molar-refractivity contribution in [2.75, 3.05) is 0 Å². The third kappa shape index (κ3) is 3.05. The lowest BCUT2D eigenvalue weighted by atomic mass is 10.1. The molecule has 2 aromatic rings. The Morgan fingerprint density at radius 2 is 2.00 bits per heavy atom. The number of benzene rings is 1. The van der Waals surface area contributed by atoms with E-state index in [-0.39, 0.29) is 11.8 Å². The molecule has 0 aliphatic carbocycles. The number of aromatic nitrogens is 2. The monoisotopic (exact) mass is 326 g/mol. The van der Waals surface area contributed by atoms with Gasteiger partial charge in [-0.2, -0.15) is 0 Å². The minimum atomic E-state index is -0.0525. The predicted molar refractivity (Wildman–Crippen MR) is 71.3 cm³/mol. The Kier molecular flexibility index (Phi) is 3.93. The molecule has 1 aromatic carbocycles. The molecule has 0 fully saturated rings. The molecular formula is C12H8BrClN2O2. The summed E-state index contributed by atoms with van der Waals surface area (Å²) in [6.45, 7) is 1.48. The van der Waals surface area contributed by atoms with E-state index in [1.54, 1.807) is 30.6 Å². The van der Waals surface area contributed by atoms with E-state index in [0.717, 1.165) is 4.47 Å². The molecule has 0 spiro atoms. The molecule has 92 valence electrons. The molecule has 0 amide bonds. The first-order valence-corrected chi connectivity index (χ1v) is 6.19. The second-order valence-electron chi connectivity index (χ2n) is 3.49. The Morgan fingerprint density at radius 3 is 2.56 bits per heavy atom. The molecule has 0 N–H and O–H groups in total. The van der Waals surface area contributed by atoms with Crippen molar-refractivity contribution in [2.45, 2.75) is 6.92 Å². The van der Waals surface area contributed by atoms with Crippen LogP contribution in [-0.4, -0.2) is 15.8 Å². The highest BCUT2D eigenvalue weighted by molar-refractivity contribution is 9.10. The minimum absolute atomic E-state index is 0.0525. The van der Waals surface area contributed by atoms with E-state index >= 15 is 0 Å². The first kappa shape index (κ1) is 13.0.